The molecule has 2 atom stereocenters. The molecule has 2 saturated heterocycles. The minimum Gasteiger partial charge on any atom is -0.465 e. The zero-order valence-electron chi connectivity index (χ0n) is 9.74. The van der Waals surface area contributed by atoms with Crippen molar-refractivity contribution >= 4 is 46.8 Å². The third-order valence-corrected chi connectivity index (χ3v) is 6.23. The van der Waals surface area contributed by atoms with E-state index in [1.807, 2.05) is 0 Å². The van der Waals surface area contributed by atoms with Crippen molar-refractivity contribution in [1.82, 2.24) is 10.2 Å². The monoisotopic (exact) mass is 318 g/mol. The van der Waals surface area contributed by atoms with Crippen LogP contribution in [0.15, 0.2) is 8.68 Å². The van der Waals surface area contributed by atoms with Crippen LogP contribution in [-0.2, 0) is 19.1 Å². The maximum Gasteiger partial charge on any atom is 0.319 e. The molecule has 0 unspecified atom stereocenters. The highest BCUT2D eigenvalue weighted by Crippen LogP contribution is 2.37. The summed E-state index contributed by atoms with van der Waals surface area (Å²) in [6.45, 7) is 0.954. The van der Waals surface area contributed by atoms with Crippen LogP contribution in [0, 0.1) is 0 Å². The third-order valence-electron chi connectivity index (χ3n) is 2.65. The van der Waals surface area contributed by atoms with Crippen LogP contribution in [0.2, 0.25) is 0 Å². The molecule has 0 aliphatic carbocycles. The van der Waals surface area contributed by atoms with Gasteiger partial charge in [0, 0.05) is 12.8 Å². The van der Waals surface area contributed by atoms with Gasteiger partial charge >= 0.3 is 11.9 Å². The van der Waals surface area contributed by atoms with Crippen molar-refractivity contribution in [2.45, 2.75) is 32.0 Å². The minimum absolute atomic E-state index is 0.178. The van der Waals surface area contributed by atoms with Crippen molar-refractivity contribution in [2.75, 3.05) is 13.2 Å². The van der Waals surface area contributed by atoms with Gasteiger partial charge in [-0.15, -0.1) is 10.2 Å². The largest absolute Gasteiger partial charge is 0.465 e. The molecule has 6 nitrogen and oxygen atoms in total. The normalized spacial score (nSPS) is 26.5. The standard InChI is InChI=1S/C10H10N2O4S3/c13-7-5(1-3-15-7)17-9-11-12-10(19-9)18-6-2-4-16-8(6)14/h5-6H,1-4H2/t5-,6-/m1/s1. The van der Waals surface area contributed by atoms with E-state index in [9.17, 15) is 9.59 Å². The topological polar surface area (TPSA) is 78.4 Å². The summed E-state index contributed by atoms with van der Waals surface area (Å²) in [5, 5.41) is 7.71. The Morgan fingerprint density at radius 1 is 0.947 bits per heavy atom. The number of ether oxygens (including phenoxy) is 2. The van der Waals surface area contributed by atoms with E-state index in [4.69, 9.17) is 9.47 Å². The number of cyclic esters (lactones) is 2. The number of thioether (sulfide) groups is 2. The van der Waals surface area contributed by atoms with Crippen LogP contribution in [0.25, 0.3) is 0 Å². The van der Waals surface area contributed by atoms with Crippen LogP contribution >= 0.6 is 34.9 Å². The van der Waals surface area contributed by atoms with E-state index in [1.165, 1.54) is 34.9 Å². The zero-order valence-corrected chi connectivity index (χ0v) is 12.2. The molecule has 3 heterocycles. The van der Waals surface area contributed by atoms with Gasteiger partial charge in [-0.05, 0) is 0 Å². The van der Waals surface area contributed by atoms with Crippen molar-refractivity contribution < 1.29 is 19.1 Å². The van der Waals surface area contributed by atoms with Crippen molar-refractivity contribution in [1.29, 1.82) is 0 Å². The fourth-order valence-corrected chi connectivity index (χ4v) is 5.15. The van der Waals surface area contributed by atoms with Crippen LogP contribution in [0.1, 0.15) is 12.8 Å². The Morgan fingerprint density at radius 3 is 1.79 bits per heavy atom. The number of esters is 2. The smallest absolute Gasteiger partial charge is 0.319 e. The van der Waals surface area contributed by atoms with Gasteiger partial charge < -0.3 is 9.47 Å². The Labute approximate surface area is 121 Å². The summed E-state index contributed by atoms with van der Waals surface area (Å²) in [7, 11) is 0. The van der Waals surface area contributed by atoms with Crippen molar-refractivity contribution in [3.63, 3.8) is 0 Å². The predicted molar refractivity (Wildman–Crippen MR) is 70.4 cm³/mol. The van der Waals surface area contributed by atoms with Crippen molar-refractivity contribution in [3.05, 3.63) is 0 Å². The van der Waals surface area contributed by atoms with Crippen LogP contribution in [0.5, 0.6) is 0 Å². The Morgan fingerprint density at radius 2 is 1.42 bits per heavy atom. The van der Waals surface area contributed by atoms with Crippen LogP contribution in [0.4, 0.5) is 0 Å². The van der Waals surface area contributed by atoms with Crippen LogP contribution in [-0.4, -0.2) is 45.8 Å². The molecule has 0 spiro atoms. The molecule has 2 aliphatic rings. The van der Waals surface area contributed by atoms with Gasteiger partial charge in [-0.25, -0.2) is 0 Å². The van der Waals surface area contributed by atoms with Gasteiger partial charge in [0.1, 0.15) is 10.5 Å². The molecule has 3 rings (SSSR count). The minimum atomic E-state index is -0.186. The summed E-state index contributed by atoms with van der Waals surface area (Å²) < 4.78 is 11.3. The van der Waals surface area contributed by atoms with E-state index in [2.05, 4.69) is 10.2 Å². The summed E-state index contributed by atoms with van der Waals surface area (Å²) in [5.41, 5.74) is 0. The highest BCUT2D eigenvalue weighted by atomic mass is 32.2. The lowest BCUT2D eigenvalue weighted by Crippen LogP contribution is -2.08. The van der Waals surface area contributed by atoms with E-state index >= 15 is 0 Å². The van der Waals surface area contributed by atoms with E-state index in [1.54, 1.807) is 0 Å². The molecule has 0 aromatic carbocycles. The molecule has 0 N–H and O–H groups in total. The summed E-state index contributed by atoms with van der Waals surface area (Å²) >= 11 is 4.16. The highest BCUT2D eigenvalue weighted by molar-refractivity contribution is 8.04. The predicted octanol–water partition coefficient (Wildman–Crippen LogP) is 1.35. The van der Waals surface area contributed by atoms with Gasteiger partial charge in [0.25, 0.3) is 0 Å². The Balaban J connectivity index is 1.59. The molecular formula is C10H10N2O4S3. The summed E-state index contributed by atoms with van der Waals surface area (Å²) in [4.78, 5) is 22.7. The van der Waals surface area contributed by atoms with Crippen LogP contribution in [0.3, 0.4) is 0 Å². The first kappa shape index (κ1) is 13.2. The molecule has 2 aliphatic heterocycles. The first-order valence-electron chi connectivity index (χ1n) is 5.72. The summed E-state index contributed by atoms with van der Waals surface area (Å²) in [6.07, 6.45) is 1.42. The van der Waals surface area contributed by atoms with E-state index in [0.717, 1.165) is 8.68 Å². The lowest BCUT2D eigenvalue weighted by Gasteiger charge is -2.00. The molecule has 102 valence electrons. The molecule has 0 amide bonds. The average Bonchev–Trinajstić information content (AvgIpc) is 3.07. The molecule has 0 bridgehead atoms. The number of hydrogen-bond donors (Lipinski definition) is 0. The van der Waals surface area contributed by atoms with Crippen molar-refractivity contribution in [3.8, 4) is 0 Å². The second kappa shape index (κ2) is 5.68. The molecule has 1 aromatic rings. The quantitative estimate of drug-likeness (QED) is 0.770. The second-order valence-corrected chi connectivity index (χ2v) is 7.84. The third kappa shape index (κ3) is 3.03. The van der Waals surface area contributed by atoms with Gasteiger partial charge in [-0.2, -0.15) is 0 Å². The second-order valence-electron chi connectivity index (χ2n) is 3.96. The Bertz CT molecular complexity index is 464. The Hall–Kier alpha value is -0.800. The molecule has 19 heavy (non-hydrogen) atoms. The number of carbonyl (C=O) groups is 2. The molecule has 1 aromatic heterocycles. The summed E-state index contributed by atoms with van der Waals surface area (Å²) in [5.74, 6) is -0.373. The first-order chi connectivity index (χ1) is 9.22. The van der Waals surface area contributed by atoms with Gasteiger partial charge in [-0.1, -0.05) is 34.9 Å². The van der Waals surface area contributed by atoms with Gasteiger partial charge in [0.2, 0.25) is 0 Å². The number of nitrogens with zero attached hydrogens (tertiary/aromatic N) is 2. The summed E-state index contributed by atoms with van der Waals surface area (Å²) in [6, 6.07) is 0. The fraction of sp³-hybridized carbons (Fsp3) is 0.600. The van der Waals surface area contributed by atoms with Gasteiger partial charge in [-0.3, -0.25) is 9.59 Å². The average molecular weight is 318 g/mol. The van der Waals surface area contributed by atoms with Gasteiger partial charge in [0.05, 0.1) is 13.2 Å². The molecule has 9 heteroatoms. The first-order valence-corrected chi connectivity index (χ1v) is 8.30. The number of rotatable bonds is 4. The molecule has 2 fully saturated rings. The lowest BCUT2D eigenvalue weighted by molar-refractivity contribution is -0.138. The van der Waals surface area contributed by atoms with E-state index in [-0.39, 0.29) is 22.4 Å². The van der Waals surface area contributed by atoms with Gasteiger partial charge in [0.15, 0.2) is 8.68 Å². The van der Waals surface area contributed by atoms with E-state index < -0.39 is 0 Å². The van der Waals surface area contributed by atoms with Crippen LogP contribution < -0.4 is 0 Å². The number of aromatic nitrogens is 2. The molecule has 0 radical (unpaired) electrons. The zero-order chi connectivity index (χ0) is 13.2. The maximum atomic E-state index is 11.4. The SMILES string of the molecule is O=C1OCC[C@H]1Sc1nnc(S[C@@H]2CCOC2=O)s1. The highest BCUT2D eigenvalue weighted by Gasteiger charge is 2.31. The maximum absolute atomic E-state index is 11.4. The number of hydrogen-bond acceptors (Lipinski definition) is 9. The molecular weight excluding hydrogens is 308 g/mol. The van der Waals surface area contributed by atoms with E-state index in [0.29, 0.717) is 26.1 Å². The van der Waals surface area contributed by atoms with Crippen molar-refractivity contribution in [2.24, 2.45) is 0 Å². The fourth-order valence-electron chi connectivity index (χ4n) is 1.70. The lowest BCUT2D eigenvalue weighted by atomic mass is 10.4. The number of carbonyl (C=O) groups excluding carboxylic acids is 2. The molecule has 0 saturated carbocycles. The Kier molecular flexibility index (Phi) is 3.94.